The van der Waals surface area contributed by atoms with Crippen molar-refractivity contribution in [1.82, 2.24) is 4.90 Å². The van der Waals surface area contributed by atoms with Crippen molar-refractivity contribution in [2.75, 3.05) is 13.1 Å². The van der Waals surface area contributed by atoms with E-state index in [4.69, 9.17) is 5.73 Å². The van der Waals surface area contributed by atoms with E-state index in [1.54, 1.807) is 26.0 Å². The molecule has 2 N–H and O–H groups in total. The highest BCUT2D eigenvalue weighted by atomic mass is 35.5. The Bertz CT molecular complexity index is 629. The molecule has 1 aliphatic rings. The van der Waals surface area contributed by atoms with Crippen molar-refractivity contribution >= 4 is 28.2 Å². The van der Waals surface area contributed by atoms with Crippen LogP contribution in [0.1, 0.15) is 43.5 Å². The van der Waals surface area contributed by atoms with Gasteiger partial charge in [0.15, 0.2) is 9.84 Å². The Morgan fingerprint density at radius 1 is 1.26 bits per heavy atom. The molecule has 1 aromatic carbocycles. The van der Waals surface area contributed by atoms with Gasteiger partial charge < -0.3 is 10.6 Å². The van der Waals surface area contributed by atoms with Gasteiger partial charge in [0.1, 0.15) is 0 Å². The molecule has 0 aliphatic carbocycles. The van der Waals surface area contributed by atoms with Crippen LogP contribution in [0.25, 0.3) is 0 Å². The van der Waals surface area contributed by atoms with Gasteiger partial charge in [0.05, 0.1) is 10.1 Å². The summed E-state index contributed by atoms with van der Waals surface area (Å²) in [4.78, 5) is 14.7. The Morgan fingerprint density at radius 3 is 2.39 bits per heavy atom. The van der Waals surface area contributed by atoms with Crippen LogP contribution >= 0.6 is 12.4 Å². The number of nitrogens with two attached hydrogens (primary N) is 1. The zero-order valence-electron chi connectivity index (χ0n) is 13.6. The van der Waals surface area contributed by atoms with Gasteiger partial charge >= 0.3 is 0 Å². The summed E-state index contributed by atoms with van der Waals surface area (Å²) in [6.45, 7) is 4.47. The van der Waals surface area contributed by atoms with Crippen molar-refractivity contribution in [3.05, 3.63) is 29.8 Å². The van der Waals surface area contributed by atoms with Crippen LogP contribution in [0.5, 0.6) is 0 Å². The summed E-state index contributed by atoms with van der Waals surface area (Å²) in [7, 11) is -3.30. The number of carbonyl (C=O) groups is 1. The van der Waals surface area contributed by atoms with Gasteiger partial charge in [0.2, 0.25) is 0 Å². The highest BCUT2D eigenvalue weighted by molar-refractivity contribution is 7.92. The fourth-order valence-electron chi connectivity index (χ4n) is 2.74. The average molecular weight is 361 g/mol. The molecule has 1 heterocycles. The molecule has 1 fully saturated rings. The monoisotopic (exact) mass is 360 g/mol. The Labute approximate surface area is 144 Å². The van der Waals surface area contributed by atoms with Crippen LogP contribution in [0.3, 0.4) is 0 Å². The molecule has 0 bridgehead atoms. The van der Waals surface area contributed by atoms with Gasteiger partial charge in [-0.15, -0.1) is 12.4 Å². The Kier molecular flexibility index (Phi) is 7.04. The lowest BCUT2D eigenvalue weighted by atomic mass is 10.0. The van der Waals surface area contributed by atoms with Crippen molar-refractivity contribution in [2.24, 2.45) is 5.73 Å². The van der Waals surface area contributed by atoms with Gasteiger partial charge in [-0.25, -0.2) is 8.42 Å². The largest absolute Gasteiger partial charge is 0.334 e. The van der Waals surface area contributed by atoms with Gasteiger partial charge in [-0.05, 0) is 57.4 Å². The quantitative estimate of drug-likeness (QED) is 0.892. The lowest BCUT2D eigenvalue weighted by Gasteiger charge is -2.35. The van der Waals surface area contributed by atoms with E-state index < -0.39 is 15.1 Å². The number of nitrogens with zero attached hydrogens (tertiary/aromatic N) is 1. The van der Waals surface area contributed by atoms with E-state index in [-0.39, 0.29) is 29.3 Å². The van der Waals surface area contributed by atoms with Crippen LogP contribution in [0.15, 0.2) is 29.2 Å². The van der Waals surface area contributed by atoms with E-state index in [0.717, 1.165) is 19.3 Å². The molecule has 0 saturated carbocycles. The SMILES string of the molecule is CC(C)S(=O)(=O)c1ccc(C(=O)N2CCCCC2CN)cc1.Cl. The van der Waals surface area contributed by atoms with E-state index in [2.05, 4.69) is 0 Å². The molecule has 1 aliphatic heterocycles. The van der Waals surface area contributed by atoms with Gasteiger partial charge in [0, 0.05) is 24.7 Å². The fourth-order valence-corrected chi connectivity index (χ4v) is 3.80. The Hall–Kier alpha value is -1.11. The standard InChI is InChI=1S/C16H24N2O3S.ClH/c1-12(2)22(20,21)15-8-6-13(7-9-15)16(19)18-10-4-3-5-14(18)11-17;/h6-9,12,14H,3-5,10-11,17H2,1-2H3;1H. The number of benzene rings is 1. The normalized spacial score (nSPS) is 18.6. The first kappa shape index (κ1) is 19.9. The third kappa shape index (κ3) is 4.25. The maximum atomic E-state index is 12.6. The topological polar surface area (TPSA) is 80.5 Å². The van der Waals surface area contributed by atoms with Crippen LogP contribution in [-0.4, -0.2) is 43.6 Å². The van der Waals surface area contributed by atoms with E-state index in [0.29, 0.717) is 18.7 Å². The second kappa shape index (κ2) is 8.13. The molecular formula is C16H25ClN2O3S. The molecule has 1 saturated heterocycles. The first-order chi connectivity index (χ1) is 10.4. The molecule has 0 radical (unpaired) electrons. The number of piperidine rings is 1. The number of amides is 1. The minimum Gasteiger partial charge on any atom is -0.334 e. The van der Waals surface area contributed by atoms with E-state index in [1.807, 2.05) is 4.90 Å². The third-order valence-corrected chi connectivity index (χ3v) is 6.38. The van der Waals surface area contributed by atoms with Crippen molar-refractivity contribution in [2.45, 2.75) is 49.3 Å². The van der Waals surface area contributed by atoms with Crippen LogP contribution in [0, 0.1) is 0 Å². The van der Waals surface area contributed by atoms with Crippen LogP contribution in [0.4, 0.5) is 0 Å². The molecule has 1 unspecified atom stereocenters. The molecule has 7 heteroatoms. The number of sulfone groups is 1. The highest BCUT2D eigenvalue weighted by Crippen LogP contribution is 2.21. The molecule has 23 heavy (non-hydrogen) atoms. The van der Waals surface area contributed by atoms with Crippen LogP contribution < -0.4 is 5.73 Å². The third-order valence-electron chi connectivity index (χ3n) is 4.21. The zero-order chi connectivity index (χ0) is 16.3. The summed E-state index contributed by atoms with van der Waals surface area (Å²) in [6.07, 6.45) is 3.02. The Balaban J connectivity index is 0.00000264. The number of hydrogen-bond donors (Lipinski definition) is 1. The molecular weight excluding hydrogens is 336 g/mol. The molecule has 5 nitrogen and oxygen atoms in total. The Morgan fingerprint density at radius 2 is 1.87 bits per heavy atom. The van der Waals surface area contributed by atoms with Crippen molar-refractivity contribution in [3.63, 3.8) is 0 Å². The van der Waals surface area contributed by atoms with E-state index >= 15 is 0 Å². The minimum atomic E-state index is -3.30. The van der Waals surface area contributed by atoms with E-state index in [1.165, 1.54) is 12.1 Å². The summed E-state index contributed by atoms with van der Waals surface area (Å²) in [5, 5.41) is -0.474. The minimum absolute atomic E-state index is 0. The predicted octanol–water partition coefficient (Wildman–Crippen LogP) is 2.24. The van der Waals surface area contributed by atoms with Gasteiger partial charge in [0.25, 0.3) is 5.91 Å². The molecule has 1 atom stereocenters. The van der Waals surface area contributed by atoms with Crippen molar-refractivity contribution in [1.29, 1.82) is 0 Å². The van der Waals surface area contributed by atoms with Crippen molar-refractivity contribution in [3.8, 4) is 0 Å². The van der Waals surface area contributed by atoms with E-state index in [9.17, 15) is 13.2 Å². The molecule has 1 aromatic rings. The lowest BCUT2D eigenvalue weighted by Crippen LogP contribution is -2.47. The zero-order valence-corrected chi connectivity index (χ0v) is 15.2. The van der Waals surface area contributed by atoms with Gasteiger partial charge in [-0.2, -0.15) is 0 Å². The molecule has 2 rings (SSSR count). The second-order valence-corrected chi connectivity index (χ2v) is 8.51. The summed E-state index contributed by atoms with van der Waals surface area (Å²) in [5.41, 5.74) is 6.27. The molecule has 0 spiro atoms. The number of carbonyl (C=O) groups excluding carboxylic acids is 1. The molecule has 130 valence electrons. The van der Waals surface area contributed by atoms with Crippen LogP contribution in [-0.2, 0) is 9.84 Å². The molecule has 0 aromatic heterocycles. The maximum Gasteiger partial charge on any atom is 0.254 e. The summed E-state index contributed by atoms with van der Waals surface area (Å²) in [6, 6.07) is 6.31. The molecule has 1 amide bonds. The number of halogens is 1. The lowest BCUT2D eigenvalue weighted by molar-refractivity contribution is 0.0623. The number of hydrogen-bond acceptors (Lipinski definition) is 4. The highest BCUT2D eigenvalue weighted by Gasteiger charge is 2.27. The fraction of sp³-hybridized carbons (Fsp3) is 0.562. The maximum absolute atomic E-state index is 12.6. The number of rotatable bonds is 4. The average Bonchev–Trinajstić information content (AvgIpc) is 2.54. The second-order valence-electron chi connectivity index (χ2n) is 6.00. The summed E-state index contributed by atoms with van der Waals surface area (Å²) < 4.78 is 24.2. The first-order valence-corrected chi connectivity index (χ1v) is 9.27. The number of likely N-dealkylation sites (tertiary alicyclic amines) is 1. The van der Waals surface area contributed by atoms with Gasteiger partial charge in [-0.1, -0.05) is 0 Å². The summed E-state index contributed by atoms with van der Waals surface area (Å²) in [5.74, 6) is -0.0661. The summed E-state index contributed by atoms with van der Waals surface area (Å²) >= 11 is 0. The first-order valence-electron chi connectivity index (χ1n) is 7.73. The predicted molar refractivity (Wildman–Crippen MR) is 93.7 cm³/mol. The van der Waals surface area contributed by atoms with Crippen molar-refractivity contribution < 1.29 is 13.2 Å². The van der Waals surface area contributed by atoms with Gasteiger partial charge in [-0.3, -0.25) is 4.79 Å². The smallest absolute Gasteiger partial charge is 0.254 e. The van der Waals surface area contributed by atoms with Crippen LogP contribution in [0.2, 0.25) is 0 Å².